The summed E-state index contributed by atoms with van der Waals surface area (Å²) in [6.45, 7) is 13.3. The van der Waals surface area contributed by atoms with E-state index in [-0.39, 0.29) is 12.2 Å². The molecule has 3 fully saturated rings. The van der Waals surface area contributed by atoms with Crippen molar-refractivity contribution in [2.45, 2.75) is 123 Å². The van der Waals surface area contributed by atoms with Crippen molar-refractivity contribution in [3.63, 3.8) is 0 Å². The zero-order chi connectivity index (χ0) is 31.2. The van der Waals surface area contributed by atoms with Gasteiger partial charge in [0.15, 0.2) is 5.57 Å². The Morgan fingerprint density at radius 3 is 1.78 bits per heavy atom. The van der Waals surface area contributed by atoms with E-state index in [1.165, 1.54) is 13.8 Å². The van der Waals surface area contributed by atoms with E-state index < -0.39 is 69.2 Å². The highest BCUT2D eigenvalue weighted by molar-refractivity contribution is 6.16. The van der Waals surface area contributed by atoms with Crippen LogP contribution in [0.25, 0.3) is 0 Å². The third kappa shape index (κ3) is 6.84. The number of esters is 3. The van der Waals surface area contributed by atoms with Crippen LogP contribution in [0.3, 0.4) is 0 Å². The zero-order valence-electron chi connectivity index (χ0n) is 25.0. The number of rotatable bonds is 3. The number of hydrogen-bond acceptors (Lipinski definition) is 11. The van der Waals surface area contributed by atoms with Crippen LogP contribution in [0, 0.1) is 5.41 Å². The molecule has 1 spiro atoms. The standard InChI is InChI=1S/C17H24O7.C12H17NO4/c1-15(2,3)22-10(18)9-17(7-6-8-17)12(19)11-13(20)23-16(4,5)24-14(11)21;1-11(2,3)17-10(16)13-9(15)7-8(14)12(13)5-4-6-12/h19H,6-9H2,1-5H3;7,14H,4-6H2,1-3H3. The van der Waals surface area contributed by atoms with Crippen LogP contribution in [-0.4, -0.2) is 67.5 Å². The Balaban J connectivity index is 0.000000239. The van der Waals surface area contributed by atoms with E-state index in [2.05, 4.69) is 0 Å². The molecule has 4 aliphatic rings. The predicted molar refractivity (Wildman–Crippen MR) is 143 cm³/mol. The molecular weight excluding hydrogens is 538 g/mol. The van der Waals surface area contributed by atoms with Gasteiger partial charge in [-0.2, -0.15) is 0 Å². The van der Waals surface area contributed by atoms with E-state index in [4.69, 9.17) is 18.9 Å². The number of carbonyl (C=O) groups is 5. The van der Waals surface area contributed by atoms with E-state index >= 15 is 0 Å². The third-order valence-corrected chi connectivity index (χ3v) is 7.18. The molecule has 2 saturated carbocycles. The van der Waals surface area contributed by atoms with E-state index in [0.717, 1.165) is 23.8 Å². The second-order valence-electron chi connectivity index (χ2n) is 13.4. The molecule has 228 valence electrons. The predicted octanol–water partition coefficient (Wildman–Crippen LogP) is 4.67. The Hall–Kier alpha value is -3.57. The fourth-order valence-electron chi connectivity index (χ4n) is 5.07. The zero-order valence-corrected chi connectivity index (χ0v) is 25.0. The molecule has 1 saturated heterocycles. The summed E-state index contributed by atoms with van der Waals surface area (Å²) < 4.78 is 20.5. The fraction of sp³-hybridized carbons (Fsp3) is 0.690. The lowest BCUT2D eigenvalue weighted by molar-refractivity contribution is -0.223. The molecule has 2 amide bonds. The minimum atomic E-state index is -1.38. The molecule has 0 aromatic carbocycles. The molecule has 2 N–H and O–H groups in total. The van der Waals surface area contributed by atoms with Gasteiger partial charge in [0, 0.05) is 25.3 Å². The minimum Gasteiger partial charge on any atom is -0.511 e. The van der Waals surface area contributed by atoms with Gasteiger partial charge < -0.3 is 29.2 Å². The van der Waals surface area contributed by atoms with Crippen molar-refractivity contribution in [2.24, 2.45) is 5.41 Å². The van der Waals surface area contributed by atoms with Gasteiger partial charge >= 0.3 is 24.0 Å². The van der Waals surface area contributed by atoms with Gasteiger partial charge in [-0.15, -0.1) is 0 Å². The van der Waals surface area contributed by atoms with Crippen LogP contribution in [0.1, 0.15) is 100 Å². The first-order chi connectivity index (χ1) is 18.6. The molecular formula is C29H41NO11. The van der Waals surface area contributed by atoms with Gasteiger partial charge in [0.2, 0.25) is 0 Å². The molecule has 0 bridgehead atoms. The van der Waals surface area contributed by atoms with Crippen molar-refractivity contribution < 1.29 is 53.1 Å². The van der Waals surface area contributed by atoms with Crippen LogP contribution < -0.4 is 0 Å². The van der Waals surface area contributed by atoms with Crippen molar-refractivity contribution in [1.82, 2.24) is 4.90 Å². The monoisotopic (exact) mass is 579 g/mol. The minimum absolute atomic E-state index is 0.0143. The summed E-state index contributed by atoms with van der Waals surface area (Å²) in [7, 11) is 0. The maximum absolute atomic E-state index is 12.1. The van der Waals surface area contributed by atoms with Gasteiger partial charge in [-0.25, -0.2) is 19.3 Å². The quantitative estimate of drug-likeness (QED) is 0.157. The number of carbonyl (C=O) groups excluding carboxylic acids is 5. The summed E-state index contributed by atoms with van der Waals surface area (Å²) in [5.74, 6) is -4.70. The molecule has 4 rings (SSSR count). The van der Waals surface area contributed by atoms with Crippen LogP contribution in [0.2, 0.25) is 0 Å². The number of imide groups is 1. The second-order valence-corrected chi connectivity index (χ2v) is 13.4. The maximum atomic E-state index is 12.1. The van der Waals surface area contributed by atoms with E-state index in [1.807, 2.05) is 0 Å². The number of amides is 2. The Morgan fingerprint density at radius 2 is 1.39 bits per heavy atom. The van der Waals surface area contributed by atoms with Crippen molar-refractivity contribution in [3.8, 4) is 0 Å². The average Bonchev–Trinajstić information content (AvgIpc) is 2.97. The average molecular weight is 580 g/mol. The first-order valence-electron chi connectivity index (χ1n) is 13.7. The highest BCUT2D eigenvalue weighted by atomic mass is 16.7. The second kappa shape index (κ2) is 10.7. The summed E-state index contributed by atoms with van der Waals surface area (Å²) in [4.78, 5) is 61.1. The van der Waals surface area contributed by atoms with Crippen molar-refractivity contribution >= 4 is 29.9 Å². The maximum Gasteiger partial charge on any atom is 0.418 e. The van der Waals surface area contributed by atoms with Crippen molar-refractivity contribution in [3.05, 3.63) is 23.2 Å². The molecule has 2 aliphatic heterocycles. The van der Waals surface area contributed by atoms with Crippen molar-refractivity contribution in [1.29, 1.82) is 0 Å². The fourth-order valence-corrected chi connectivity index (χ4v) is 5.07. The number of hydrogen-bond donors (Lipinski definition) is 2. The molecule has 0 radical (unpaired) electrons. The lowest BCUT2D eigenvalue weighted by atomic mass is 9.64. The van der Waals surface area contributed by atoms with Gasteiger partial charge in [-0.1, -0.05) is 6.42 Å². The summed E-state index contributed by atoms with van der Waals surface area (Å²) in [6.07, 6.45) is 4.17. The Labute approximate surface area is 239 Å². The number of nitrogens with zero attached hydrogens (tertiary/aromatic N) is 1. The largest absolute Gasteiger partial charge is 0.511 e. The summed E-state index contributed by atoms with van der Waals surface area (Å²) in [5, 5.41) is 20.4. The smallest absolute Gasteiger partial charge is 0.418 e. The molecule has 2 aliphatic carbocycles. The summed E-state index contributed by atoms with van der Waals surface area (Å²) in [6, 6.07) is 0. The Bertz CT molecular complexity index is 1170. The third-order valence-electron chi connectivity index (χ3n) is 7.18. The molecule has 2 heterocycles. The summed E-state index contributed by atoms with van der Waals surface area (Å²) in [5.41, 5.74) is -3.63. The Morgan fingerprint density at radius 1 is 0.902 bits per heavy atom. The molecule has 0 aromatic rings. The first-order valence-corrected chi connectivity index (χ1v) is 13.7. The van der Waals surface area contributed by atoms with Gasteiger partial charge in [0.05, 0.1) is 6.42 Å². The Kier molecular flexibility index (Phi) is 8.32. The summed E-state index contributed by atoms with van der Waals surface area (Å²) >= 11 is 0. The number of aliphatic hydroxyl groups excluding tert-OH is 2. The highest BCUT2D eigenvalue weighted by Gasteiger charge is 2.56. The molecule has 12 heteroatoms. The van der Waals surface area contributed by atoms with Gasteiger partial charge in [0.1, 0.15) is 28.3 Å². The van der Waals surface area contributed by atoms with Gasteiger partial charge in [0.25, 0.3) is 11.7 Å². The molecule has 12 nitrogen and oxygen atoms in total. The number of allylic oxidation sites excluding steroid dienone is 1. The normalized spacial score (nSPS) is 22.2. The molecule has 0 atom stereocenters. The molecule has 0 aromatic heterocycles. The lowest BCUT2D eigenvalue weighted by Gasteiger charge is -2.44. The highest BCUT2D eigenvalue weighted by Crippen LogP contribution is 2.51. The number of cyclic esters (lactones) is 2. The SMILES string of the molecule is CC(C)(C)OC(=O)CC1(C(O)=C2C(=O)OC(C)(C)OC2=O)CCC1.CC(C)(C)OC(=O)N1C(=O)C=C(O)C12CCC2. The van der Waals surface area contributed by atoms with Crippen LogP contribution >= 0.6 is 0 Å². The van der Waals surface area contributed by atoms with Crippen LogP contribution in [0.4, 0.5) is 4.79 Å². The molecule has 0 unspecified atom stereocenters. The number of ether oxygens (including phenoxy) is 4. The van der Waals surface area contributed by atoms with Crippen LogP contribution in [0.15, 0.2) is 23.2 Å². The van der Waals surface area contributed by atoms with Crippen LogP contribution in [0.5, 0.6) is 0 Å². The van der Waals surface area contributed by atoms with E-state index in [0.29, 0.717) is 25.7 Å². The van der Waals surface area contributed by atoms with Gasteiger partial charge in [-0.05, 0) is 73.6 Å². The van der Waals surface area contributed by atoms with Gasteiger partial charge in [-0.3, -0.25) is 9.59 Å². The molecule has 41 heavy (non-hydrogen) atoms. The van der Waals surface area contributed by atoms with Crippen molar-refractivity contribution in [2.75, 3.05) is 0 Å². The first kappa shape index (κ1) is 32.0. The lowest BCUT2D eigenvalue weighted by Crippen LogP contribution is -2.56. The van der Waals surface area contributed by atoms with Crippen LogP contribution in [-0.2, 0) is 38.1 Å². The topological polar surface area (TPSA) is 166 Å². The van der Waals surface area contributed by atoms with E-state index in [1.54, 1.807) is 41.5 Å². The number of aliphatic hydroxyl groups is 2. The van der Waals surface area contributed by atoms with E-state index in [9.17, 15) is 34.2 Å².